The topological polar surface area (TPSA) is 34.4 Å². The molecule has 0 aliphatic heterocycles. The Balaban J connectivity index is 2.31. The van der Waals surface area contributed by atoms with E-state index in [-0.39, 0.29) is 0 Å². The van der Waals surface area contributed by atoms with Crippen LogP contribution < -0.4 is 10.1 Å². The maximum atomic E-state index is 5.59. The second kappa shape index (κ2) is 6.43. The van der Waals surface area contributed by atoms with Crippen molar-refractivity contribution in [1.82, 2.24) is 5.32 Å². The Morgan fingerprint density at radius 1 is 1.21 bits per heavy atom. The van der Waals surface area contributed by atoms with Gasteiger partial charge in [-0.05, 0) is 38.1 Å². The van der Waals surface area contributed by atoms with E-state index >= 15 is 0 Å². The molecule has 0 amide bonds. The number of rotatable bonds is 6. The van der Waals surface area contributed by atoms with Gasteiger partial charge in [0.1, 0.15) is 11.5 Å². The van der Waals surface area contributed by atoms with Crippen LogP contribution in [0, 0.1) is 6.92 Å². The summed E-state index contributed by atoms with van der Waals surface area (Å²) >= 11 is 0. The molecule has 0 atom stereocenters. The summed E-state index contributed by atoms with van der Waals surface area (Å²) in [5.74, 6) is 1.83. The second-order valence-corrected chi connectivity index (χ2v) is 4.64. The molecular formula is C16H21NO2. The van der Waals surface area contributed by atoms with E-state index in [9.17, 15) is 0 Å². The van der Waals surface area contributed by atoms with Crippen molar-refractivity contribution in [2.24, 2.45) is 0 Å². The maximum Gasteiger partial charge on any atom is 0.126 e. The van der Waals surface area contributed by atoms with Crippen LogP contribution in [0.25, 0.3) is 11.1 Å². The molecule has 0 fully saturated rings. The van der Waals surface area contributed by atoms with E-state index in [1.807, 2.05) is 12.1 Å². The quantitative estimate of drug-likeness (QED) is 0.802. The predicted molar refractivity (Wildman–Crippen MR) is 77.4 cm³/mol. The Morgan fingerprint density at radius 2 is 2.05 bits per heavy atom. The zero-order valence-electron chi connectivity index (χ0n) is 11.8. The Bertz CT molecular complexity index is 531. The van der Waals surface area contributed by atoms with E-state index < -0.39 is 0 Å². The number of benzene rings is 1. The highest BCUT2D eigenvalue weighted by molar-refractivity contribution is 5.72. The largest absolute Gasteiger partial charge is 0.496 e. The molecular weight excluding hydrogens is 238 g/mol. The first-order chi connectivity index (χ1) is 9.26. The van der Waals surface area contributed by atoms with Crippen molar-refractivity contribution < 1.29 is 9.15 Å². The Kier molecular flexibility index (Phi) is 4.63. The lowest BCUT2D eigenvalue weighted by molar-refractivity contribution is 0.416. The van der Waals surface area contributed by atoms with Gasteiger partial charge in [-0.25, -0.2) is 0 Å². The van der Waals surface area contributed by atoms with E-state index in [0.29, 0.717) is 0 Å². The van der Waals surface area contributed by atoms with Gasteiger partial charge < -0.3 is 14.5 Å². The van der Waals surface area contributed by atoms with Crippen LogP contribution in [0.2, 0.25) is 0 Å². The molecule has 1 heterocycles. The van der Waals surface area contributed by atoms with Gasteiger partial charge in [0, 0.05) is 11.1 Å². The van der Waals surface area contributed by atoms with Crippen LogP contribution in [0.5, 0.6) is 5.75 Å². The number of hydrogen-bond acceptors (Lipinski definition) is 3. The average Bonchev–Trinajstić information content (AvgIpc) is 2.87. The molecule has 0 aliphatic rings. The lowest BCUT2D eigenvalue weighted by Gasteiger charge is -2.10. The molecule has 0 spiro atoms. The summed E-state index contributed by atoms with van der Waals surface area (Å²) < 4.78 is 11.0. The minimum absolute atomic E-state index is 0.743. The fraction of sp³-hybridized carbons (Fsp3) is 0.375. The van der Waals surface area contributed by atoms with Crippen LogP contribution >= 0.6 is 0 Å². The standard InChI is InChI=1S/C16H21NO2/c1-4-8-17-11-16-13(7-9-19-16)14-10-12(2)5-6-15(14)18-3/h5-7,9-10,17H,4,8,11H2,1-3H3. The summed E-state index contributed by atoms with van der Waals surface area (Å²) in [5.41, 5.74) is 3.40. The smallest absolute Gasteiger partial charge is 0.126 e. The fourth-order valence-electron chi connectivity index (χ4n) is 2.13. The zero-order chi connectivity index (χ0) is 13.7. The van der Waals surface area contributed by atoms with E-state index in [2.05, 4.69) is 31.3 Å². The minimum Gasteiger partial charge on any atom is -0.496 e. The van der Waals surface area contributed by atoms with Gasteiger partial charge in [0.15, 0.2) is 0 Å². The summed E-state index contributed by atoms with van der Waals surface area (Å²) in [6.07, 6.45) is 2.85. The molecule has 0 radical (unpaired) electrons. The first kappa shape index (κ1) is 13.7. The summed E-state index contributed by atoms with van der Waals surface area (Å²) in [6, 6.07) is 8.19. The molecule has 0 unspecified atom stereocenters. The van der Waals surface area contributed by atoms with Crippen molar-refractivity contribution in [3.8, 4) is 16.9 Å². The number of methoxy groups -OCH3 is 1. The molecule has 19 heavy (non-hydrogen) atoms. The van der Waals surface area contributed by atoms with Crippen molar-refractivity contribution in [2.75, 3.05) is 13.7 Å². The molecule has 2 rings (SSSR count). The molecule has 3 heteroatoms. The van der Waals surface area contributed by atoms with Gasteiger partial charge in [-0.15, -0.1) is 0 Å². The summed E-state index contributed by atoms with van der Waals surface area (Å²) in [5, 5.41) is 3.37. The first-order valence-electron chi connectivity index (χ1n) is 6.68. The maximum absolute atomic E-state index is 5.59. The second-order valence-electron chi connectivity index (χ2n) is 4.64. The van der Waals surface area contributed by atoms with E-state index in [0.717, 1.165) is 42.1 Å². The van der Waals surface area contributed by atoms with Crippen LogP contribution in [0.3, 0.4) is 0 Å². The van der Waals surface area contributed by atoms with Crippen LogP contribution in [-0.2, 0) is 6.54 Å². The third kappa shape index (κ3) is 3.18. The molecule has 0 bridgehead atoms. The third-order valence-corrected chi connectivity index (χ3v) is 3.10. The van der Waals surface area contributed by atoms with Crippen molar-refractivity contribution >= 4 is 0 Å². The monoisotopic (exact) mass is 259 g/mol. The van der Waals surface area contributed by atoms with Gasteiger partial charge in [0.25, 0.3) is 0 Å². The van der Waals surface area contributed by atoms with Gasteiger partial charge >= 0.3 is 0 Å². The minimum atomic E-state index is 0.743. The SMILES string of the molecule is CCCNCc1occc1-c1cc(C)ccc1OC. The summed E-state index contributed by atoms with van der Waals surface area (Å²) in [7, 11) is 1.70. The normalized spacial score (nSPS) is 10.7. The highest BCUT2D eigenvalue weighted by Gasteiger charge is 2.13. The van der Waals surface area contributed by atoms with Crippen molar-refractivity contribution in [2.45, 2.75) is 26.8 Å². The van der Waals surface area contributed by atoms with E-state index in [4.69, 9.17) is 9.15 Å². The highest BCUT2D eigenvalue weighted by atomic mass is 16.5. The van der Waals surface area contributed by atoms with Gasteiger partial charge in [-0.3, -0.25) is 0 Å². The van der Waals surface area contributed by atoms with Crippen LogP contribution in [-0.4, -0.2) is 13.7 Å². The molecule has 0 saturated heterocycles. The van der Waals surface area contributed by atoms with Crippen molar-refractivity contribution in [3.05, 3.63) is 41.9 Å². The molecule has 2 aromatic rings. The average molecular weight is 259 g/mol. The Morgan fingerprint density at radius 3 is 2.79 bits per heavy atom. The van der Waals surface area contributed by atoms with Crippen LogP contribution in [0.1, 0.15) is 24.7 Å². The van der Waals surface area contributed by atoms with E-state index in [1.54, 1.807) is 13.4 Å². The van der Waals surface area contributed by atoms with Crippen molar-refractivity contribution in [3.63, 3.8) is 0 Å². The van der Waals surface area contributed by atoms with Gasteiger partial charge in [0.05, 0.1) is 19.9 Å². The highest BCUT2D eigenvalue weighted by Crippen LogP contribution is 2.33. The van der Waals surface area contributed by atoms with Gasteiger partial charge in [0.2, 0.25) is 0 Å². The lowest BCUT2D eigenvalue weighted by Crippen LogP contribution is -2.13. The molecule has 102 valence electrons. The molecule has 0 aliphatic carbocycles. The summed E-state index contributed by atoms with van der Waals surface area (Å²) in [6.45, 7) is 5.97. The van der Waals surface area contributed by atoms with Crippen LogP contribution in [0.15, 0.2) is 34.9 Å². The van der Waals surface area contributed by atoms with Crippen LogP contribution in [0.4, 0.5) is 0 Å². The predicted octanol–water partition coefficient (Wildman–Crippen LogP) is 3.76. The first-order valence-corrected chi connectivity index (χ1v) is 6.68. The number of nitrogens with one attached hydrogen (secondary N) is 1. The summed E-state index contributed by atoms with van der Waals surface area (Å²) in [4.78, 5) is 0. The van der Waals surface area contributed by atoms with Gasteiger partial charge in [-0.2, -0.15) is 0 Å². The number of hydrogen-bond donors (Lipinski definition) is 1. The number of ether oxygens (including phenoxy) is 1. The third-order valence-electron chi connectivity index (χ3n) is 3.10. The Labute approximate surface area is 114 Å². The molecule has 1 aromatic carbocycles. The molecule has 3 nitrogen and oxygen atoms in total. The number of aryl methyl sites for hydroxylation is 1. The molecule has 0 saturated carbocycles. The number of furan rings is 1. The van der Waals surface area contributed by atoms with Crippen molar-refractivity contribution in [1.29, 1.82) is 0 Å². The fourth-order valence-corrected chi connectivity index (χ4v) is 2.13. The van der Waals surface area contributed by atoms with E-state index in [1.165, 1.54) is 5.56 Å². The molecule has 1 aromatic heterocycles. The Hall–Kier alpha value is -1.74. The zero-order valence-corrected chi connectivity index (χ0v) is 11.8. The van der Waals surface area contributed by atoms with Gasteiger partial charge in [-0.1, -0.05) is 18.6 Å². The lowest BCUT2D eigenvalue weighted by atomic mass is 10.0. The molecule has 1 N–H and O–H groups in total.